The number of nitrogens with zero attached hydrogens (tertiary/aromatic N) is 1. The lowest BCUT2D eigenvalue weighted by molar-refractivity contribution is -0.137. The van der Waals surface area contributed by atoms with Crippen LogP contribution in [-0.2, 0) is 6.18 Å². The smallest absolute Gasteiger partial charge is 0.370 e. The van der Waals surface area contributed by atoms with E-state index in [1.54, 1.807) is 0 Å². The Hall–Kier alpha value is -1.30. The summed E-state index contributed by atoms with van der Waals surface area (Å²) in [5.41, 5.74) is 4.74. The topological polar surface area (TPSA) is 50.9 Å². The van der Waals surface area contributed by atoms with Crippen molar-refractivity contribution in [3.8, 4) is 0 Å². The molecule has 1 aromatic heterocycles. The number of pyridine rings is 1. The summed E-state index contributed by atoms with van der Waals surface area (Å²) in [7, 11) is 0. The average Bonchev–Trinajstić information content (AvgIpc) is 2.34. The highest BCUT2D eigenvalue weighted by molar-refractivity contribution is 5.36. The Morgan fingerprint density at radius 1 is 1.39 bits per heavy atom. The molecule has 3 nitrogen and oxygen atoms in total. The van der Waals surface area contributed by atoms with Crippen LogP contribution < -0.4 is 11.1 Å². The number of alkyl halides is 3. The highest BCUT2D eigenvalue weighted by atomic mass is 19.4. The molecule has 0 saturated heterocycles. The number of anilines is 1. The second kappa shape index (κ2) is 6.58. The van der Waals surface area contributed by atoms with Crippen LogP contribution in [0.1, 0.15) is 25.3 Å². The van der Waals surface area contributed by atoms with Crippen LogP contribution in [0.25, 0.3) is 0 Å². The van der Waals surface area contributed by atoms with Gasteiger partial charge in [-0.25, -0.2) is 4.98 Å². The summed E-state index contributed by atoms with van der Waals surface area (Å²) >= 11 is 0. The van der Waals surface area contributed by atoms with Gasteiger partial charge in [0.25, 0.3) is 0 Å². The molecule has 1 unspecified atom stereocenters. The number of aromatic nitrogens is 1. The van der Waals surface area contributed by atoms with Crippen molar-refractivity contribution in [2.24, 2.45) is 11.7 Å². The van der Waals surface area contributed by atoms with Crippen molar-refractivity contribution in [1.29, 1.82) is 0 Å². The molecule has 0 aromatic carbocycles. The van der Waals surface area contributed by atoms with Gasteiger partial charge in [0.15, 0.2) is 0 Å². The fourth-order valence-corrected chi connectivity index (χ4v) is 1.60. The summed E-state index contributed by atoms with van der Waals surface area (Å²) < 4.78 is 36.9. The largest absolute Gasteiger partial charge is 0.417 e. The van der Waals surface area contributed by atoms with E-state index in [2.05, 4.69) is 17.2 Å². The average molecular weight is 261 g/mol. The Bertz CT molecular complexity index is 349. The van der Waals surface area contributed by atoms with Crippen molar-refractivity contribution in [3.63, 3.8) is 0 Å². The molecule has 3 N–H and O–H groups in total. The molecule has 1 heterocycles. The first kappa shape index (κ1) is 14.8. The molecule has 1 rings (SSSR count). The summed E-state index contributed by atoms with van der Waals surface area (Å²) in [6, 6.07) is 2.37. The van der Waals surface area contributed by atoms with Crippen LogP contribution in [0.5, 0.6) is 0 Å². The number of nitrogens with one attached hydrogen (secondary N) is 1. The first-order valence-electron chi connectivity index (χ1n) is 5.94. The van der Waals surface area contributed by atoms with Gasteiger partial charge in [-0.1, -0.05) is 13.3 Å². The molecule has 0 aliphatic carbocycles. The van der Waals surface area contributed by atoms with Crippen molar-refractivity contribution in [3.05, 3.63) is 23.9 Å². The maximum Gasteiger partial charge on any atom is 0.417 e. The quantitative estimate of drug-likeness (QED) is 0.827. The predicted molar refractivity (Wildman–Crippen MR) is 65.2 cm³/mol. The Morgan fingerprint density at radius 3 is 2.56 bits per heavy atom. The Balaban J connectivity index is 2.53. The summed E-state index contributed by atoms with van der Waals surface area (Å²) in [6.07, 6.45) is -1.63. The van der Waals surface area contributed by atoms with E-state index in [1.807, 2.05) is 0 Å². The van der Waals surface area contributed by atoms with Crippen LogP contribution in [0.3, 0.4) is 0 Å². The minimum atomic E-state index is -4.34. The first-order valence-corrected chi connectivity index (χ1v) is 5.94. The molecule has 1 atom stereocenters. The normalized spacial score (nSPS) is 13.4. The van der Waals surface area contributed by atoms with Gasteiger partial charge in [0.1, 0.15) is 5.82 Å². The third kappa shape index (κ3) is 4.52. The fourth-order valence-electron chi connectivity index (χ4n) is 1.60. The molecule has 0 radical (unpaired) electrons. The van der Waals surface area contributed by atoms with Gasteiger partial charge in [-0.15, -0.1) is 0 Å². The predicted octanol–water partition coefficient (Wildman–Crippen LogP) is 2.89. The highest BCUT2D eigenvalue weighted by Gasteiger charge is 2.30. The Labute approximate surface area is 105 Å². The highest BCUT2D eigenvalue weighted by Crippen LogP contribution is 2.28. The molecular weight excluding hydrogens is 243 g/mol. The van der Waals surface area contributed by atoms with Gasteiger partial charge in [0.2, 0.25) is 0 Å². The van der Waals surface area contributed by atoms with Crippen LogP contribution in [-0.4, -0.2) is 18.1 Å². The monoisotopic (exact) mass is 261 g/mol. The number of hydrogen-bond acceptors (Lipinski definition) is 3. The van der Waals surface area contributed by atoms with E-state index >= 15 is 0 Å². The summed E-state index contributed by atoms with van der Waals surface area (Å²) in [5.74, 6) is 0.873. The summed E-state index contributed by atoms with van der Waals surface area (Å²) in [4.78, 5) is 3.75. The van der Waals surface area contributed by atoms with Gasteiger partial charge in [-0.05, 0) is 31.0 Å². The third-order valence-corrected chi connectivity index (χ3v) is 2.81. The molecule has 6 heteroatoms. The van der Waals surface area contributed by atoms with Crippen molar-refractivity contribution in [1.82, 2.24) is 4.98 Å². The lowest BCUT2D eigenvalue weighted by Crippen LogP contribution is -2.18. The molecule has 0 fully saturated rings. The molecule has 0 spiro atoms. The van der Waals surface area contributed by atoms with Gasteiger partial charge in [-0.3, -0.25) is 0 Å². The molecule has 0 saturated carbocycles. The van der Waals surface area contributed by atoms with E-state index in [-0.39, 0.29) is 0 Å². The van der Waals surface area contributed by atoms with E-state index in [0.29, 0.717) is 24.8 Å². The lowest BCUT2D eigenvalue weighted by atomic mass is 10.0. The number of nitrogens with two attached hydrogens (primary N) is 1. The maximum absolute atomic E-state index is 12.3. The fraction of sp³-hybridized carbons (Fsp3) is 0.583. The number of rotatable bonds is 6. The van der Waals surface area contributed by atoms with Gasteiger partial charge in [0.05, 0.1) is 5.56 Å². The van der Waals surface area contributed by atoms with Crippen LogP contribution in [0.2, 0.25) is 0 Å². The van der Waals surface area contributed by atoms with E-state index in [4.69, 9.17) is 5.73 Å². The minimum Gasteiger partial charge on any atom is -0.370 e. The third-order valence-electron chi connectivity index (χ3n) is 2.81. The standard InChI is InChI=1S/C12H18F3N3/c1-2-9(5-6-16)7-17-11-4-3-10(8-18-11)12(13,14)15/h3-4,8-9H,2,5-7,16H2,1H3,(H,17,18). The van der Waals surface area contributed by atoms with Crippen LogP contribution in [0, 0.1) is 5.92 Å². The lowest BCUT2D eigenvalue weighted by Gasteiger charge is -2.15. The Kier molecular flexibility index (Phi) is 5.40. The van der Waals surface area contributed by atoms with Gasteiger partial charge >= 0.3 is 6.18 Å². The first-order chi connectivity index (χ1) is 8.47. The van der Waals surface area contributed by atoms with E-state index in [0.717, 1.165) is 25.1 Å². The van der Waals surface area contributed by atoms with Gasteiger partial charge in [0, 0.05) is 12.7 Å². The second-order valence-electron chi connectivity index (χ2n) is 4.16. The van der Waals surface area contributed by atoms with Gasteiger partial charge < -0.3 is 11.1 Å². The minimum absolute atomic E-state index is 0.416. The summed E-state index contributed by atoms with van der Waals surface area (Å²) in [5, 5.41) is 3.03. The van der Waals surface area contributed by atoms with Crippen molar-refractivity contribution in [2.75, 3.05) is 18.4 Å². The molecule has 0 bridgehead atoms. The van der Waals surface area contributed by atoms with Gasteiger partial charge in [-0.2, -0.15) is 13.2 Å². The molecule has 102 valence electrons. The molecule has 0 amide bonds. The maximum atomic E-state index is 12.3. The van der Waals surface area contributed by atoms with E-state index < -0.39 is 11.7 Å². The van der Waals surface area contributed by atoms with Crippen molar-refractivity contribution < 1.29 is 13.2 Å². The van der Waals surface area contributed by atoms with Crippen LogP contribution in [0.15, 0.2) is 18.3 Å². The molecule has 0 aliphatic rings. The molecule has 0 aliphatic heterocycles. The van der Waals surface area contributed by atoms with Crippen molar-refractivity contribution >= 4 is 5.82 Å². The number of hydrogen-bond donors (Lipinski definition) is 2. The second-order valence-corrected chi connectivity index (χ2v) is 4.16. The number of halogens is 3. The van der Waals surface area contributed by atoms with E-state index in [9.17, 15) is 13.2 Å². The summed E-state index contributed by atoms with van der Waals surface area (Å²) in [6.45, 7) is 3.34. The molecule has 18 heavy (non-hydrogen) atoms. The molecular formula is C12H18F3N3. The zero-order valence-corrected chi connectivity index (χ0v) is 10.3. The van der Waals surface area contributed by atoms with E-state index in [1.165, 1.54) is 6.07 Å². The zero-order valence-electron chi connectivity index (χ0n) is 10.3. The SMILES string of the molecule is CCC(CCN)CNc1ccc(C(F)(F)F)cn1. The van der Waals surface area contributed by atoms with Crippen LogP contribution in [0.4, 0.5) is 19.0 Å². The van der Waals surface area contributed by atoms with Crippen LogP contribution >= 0.6 is 0 Å². The van der Waals surface area contributed by atoms with Crippen molar-refractivity contribution in [2.45, 2.75) is 25.9 Å². The zero-order chi connectivity index (χ0) is 13.6. The Morgan fingerprint density at radius 2 is 2.11 bits per heavy atom. The molecule has 1 aromatic rings.